The Morgan fingerprint density at radius 3 is 2.88 bits per heavy atom. The molecule has 0 unspecified atom stereocenters. The summed E-state index contributed by atoms with van der Waals surface area (Å²) in [5.41, 5.74) is 1.83. The van der Waals surface area contributed by atoms with E-state index in [-0.39, 0.29) is 24.1 Å². The lowest BCUT2D eigenvalue weighted by Crippen LogP contribution is -2.26. The average Bonchev–Trinajstić information content (AvgIpc) is 2.62. The molecule has 0 saturated heterocycles. The van der Waals surface area contributed by atoms with Crippen molar-refractivity contribution in [2.24, 2.45) is 0 Å². The first kappa shape index (κ1) is 16.3. The van der Waals surface area contributed by atoms with Crippen LogP contribution >= 0.6 is 0 Å². The van der Waals surface area contributed by atoms with E-state index < -0.39 is 0 Å². The van der Waals surface area contributed by atoms with Gasteiger partial charge in [-0.05, 0) is 37.0 Å². The second kappa shape index (κ2) is 7.00. The van der Waals surface area contributed by atoms with E-state index >= 15 is 0 Å². The molecule has 0 atom stereocenters. The zero-order valence-electron chi connectivity index (χ0n) is 14.2. The Labute approximate surface area is 150 Å². The Morgan fingerprint density at radius 2 is 2.08 bits per heavy atom. The Bertz CT molecular complexity index is 1010. The van der Waals surface area contributed by atoms with Gasteiger partial charge >= 0.3 is 0 Å². The molecule has 0 bridgehead atoms. The van der Waals surface area contributed by atoms with Crippen molar-refractivity contribution in [3.63, 3.8) is 0 Å². The van der Waals surface area contributed by atoms with E-state index in [0.29, 0.717) is 11.4 Å². The molecule has 3 aromatic rings. The summed E-state index contributed by atoms with van der Waals surface area (Å²) in [7, 11) is 0. The van der Waals surface area contributed by atoms with Crippen molar-refractivity contribution in [2.75, 3.05) is 0 Å². The van der Waals surface area contributed by atoms with E-state index in [4.69, 9.17) is 4.74 Å². The fourth-order valence-electron chi connectivity index (χ4n) is 2.98. The summed E-state index contributed by atoms with van der Waals surface area (Å²) >= 11 is 0. The summed E-state index contributed by atoms with van der Waals surface area (Å²) in [5, 5.41) is 3.78. The van der Waals surface area contributed by atoms with E-state index in [1.54, 1.807) is 18.3 Å². The van der Waals surface area contributed by atoms with Crippen molar-refractivity contribution in [1.29, 1.82) is 0 Å². The number of nitrogens with zero attached hydrogens (tertiary/aromatic N) is 1. The zero-order valence-corrected chi connectivity index (χ0v) is 14.2. The third kappa shape index (κ3) is 3.44. The van der Waals surface area contributed by atoms with Crippen molar-refractivity contribution < 1.29 is 9.53 Å². The van der Waals surface area contributed by atoms with Crippen LogP contribution in [-0.4, -0.2) is 22.0 Å². The maximum Gasteiger partial charge on any atom is 0.251 e. The summed E-state index contributed by atoms with van der Waals surface area (Å²) in [6.07, 6.45) is 5.03. The van der Waals surface area contributed by atoms with Gasteiger partial charge < -0.3 is 15.0 Å². The van der Waals surface area contributed by atoms with E-state index in [2.05, 4.69) is 15.3 Å². The smallest absolute Gasteiger partial charge is 0.251 e. The minimum absolute atomic E-state index is 0.187. The van der Waals surface area contributed by atoms with Crippen LogP contribution in [0.3, 0.4) is 0 Å². The largest absolute Gasteiger partial charge is 0.474 e. The number of hydrogen-bond donors (Lipinski definition) is 2. The fraction of sp³-hybridized carbons (Fsp3) is 0.250. The summed E-state index contributed by atoms with van der Waals surface area (Å²) in [5.74, 6) is 0.249. The lowest BCUT2D eigenvalue weighted by Gasteiger charge is -2.25. The second-order valence-corrected chi connectivity index (χ2v) is 6.44. The number of fused-ring (bicyclic) bond motifs is 1. The third-order valence-electron chi connectivity index (χ3n) is 4.61. The van der Waals surface area contributed by atoms with Gasteiger partial charge in [-0.1, -0.05) is 18.2 Å². The third-order valence-corrected chi connectivity index (χ3v) is 4.61. The molecular formula is C20H19N3O3. The number of benzene rings is 1. The van der Waals surface area contributed by atoms with Gasteiger partial charge in [-0.15, -0.1) is 0 Å². The molecular weight excluding hydrogens is 330 g/mol. The van der Waals surface area contributed by atoms with Crippen molar-refractivity contribution in [1.82, 2.24) is 15.3 Å². The predicted octanol–water partition coefficient (Wildman–Crippen LogP) is 2.78. The maximum absolute atomic E-state index is 12.5. The number of carbonyl (C=O) groups is 1. The molecule has 26 heavy (non-hydrogen) atoms. The van der Waals surface area contributed by atoms with E-state index in [9.17, 15) is 9.59 Å². The van der Waals surface area contributed by atoms with Gasteiger partial charge in [0.25, 0.3) is 5.91 Å². The highest BCUT2D eigenvalue weighted by molar-refractivity contribution is 5.94. The molecule has 1 fully saturated rings. The van der Waals surface area contributed by atoms with E-state index in [1.807, 2.05) is 24.3 Å². The van der Waals surface area contributed by atoms with Gasteiger partial charge in [-0.25, -0.2) is 4.98 Å². The quantitative estimate of drug-likeness (QED) is 0.742. The molecule has 6 heteroatoms. The van der Waals surface area contributed by atoms with Crippen LogP contribution < -0.4 is 15.6 Å². The number of aromatic amines is 1. The highest BCUT2D eigenvalue weighted by Crippen LogP contribution is 2.24. The first-order valence-electron chi connectivity index (χ1n) is 8.71. The molecule has 0 aliphatic heterocycles. The molecule has 132 valence electrons. The standard InChI is InChI=1S/C20H19N3O3/c24-18-10-14(16-6-1-2-7-17(16)23-18)12-22-20(25)13-8-9-21-19(11-13)26-15-4-3-5-15/h1-2,6-11,15H,3-5,12H2,(H,22,25)(H,23,24). The molecule has 4 rings (SSSR count). The minimum Gasteiger partial charge on any atom is -0.474 e. The molecule has 1 saturated carbocycles. The van der Waals surface area contributed by atoms with Crippen LogP contribution in [0.1, 0.15) is 35.2 Å². The lowest BCUT2D eigenvalue weighted by atomic mass is 9.96. The van der Waals surface area contributed by atoms with Crippen LogP contribution in [0.2, 0.25) is 0 Å². The number of para-hydroxylation sites is 1. The summed E-state index contributed by atoms with van der Waals surface area (Å²) in [6, 6.07) is 12.3. The molecule has 2 N–H and O–H groups in total. The van der Waals surface area contributed by atoms with Crippen molar-refractivity contribution >= 4 is 16.8 Å². The molecule has 2 aromatic heterocycles. The Balaban J connectivity index is 1.49. The molecule has 6 nitrogen and oxygen atoms in total. The zero-order chi connectivity index (χ0) is 17.9. The molecule has 2 heterocycles. The van der Waals surface area contributed by atoms with Gasteiger partial charge in [-0.2, -0.15) is 0 Å². The van der Waals surface area contributed by atoms with Gasteiger partial charge in [0.15, 0.2) is 0 Å². The molecule has 1 aliphatic carbocycles. The monoisotopic (exact) mass is 349 g/mol. The summed E-state index contributed by atoms with van der Waals surface area (Å²) in [6.45, 7) is 0.268. The summed E-state index contributed by atoms with van der Waals surface area (Å²) in [4.78, 5) is 31.2. The maximum atomic E-state index is 12.5. The number of hydrogen-bond acceptors (Lipinski definition) is 4. The fourth-order valence-corrected chi connectivity index (χ4v) is 2.98. The molecule has 0 radical (unpaired) electrons. The SMILES string of the molecule is O=C(NCc1cc(=O)[nH]c2ccccc12)c1ccnc(OC2CCC2)c1. The summed E-state index contributed by atoms with van der Waals surface area (Å²) < 4.78 is 5.74. The number of nitrogens with one attached hydrogen (secondary N) is 2. The average molecular weight is 349 g/mol. The van der Waals surface area contributed by atoms with Gasteiger partial charge in [0.1, 0.15) is 6.10 Å². The van der Waals surface area contributed by atoms with Crippen LogP contribution in [0.15, 0.2) is 53.5 Å². The topological polar surface area (TPSA) is 84.1 Å². The highest BCUT2D eigenvalue weighted by atomic mass is 16.5. The first-order chi connectivity index (χ1) is 12.7. The van der Waals surface area contributed by atoms with Crippen molar-refractivity contribution in [3.8, 4) is 5.88 Å². The number of H-pyrrole nitrogens is 1. The number of ether oxygens (including phenoxy) is 1. The second-order valence-electron chi connectivity index (χ2n) is 6.44. The highest BCUT2D eigenvalue weighted by Gasteiger charge is 2.20. The number of rotatable bonds is 5. The molecule has 0 spiro atoms. The first-order valence-corrected chi connectivity index (χ1v) is 8.71. The van der Waals surface area contributed by atoms with Crippen molar-refractivity contribution in [2.45, 2.75) is 31.9 Å². The number of carbonyl (C=O) groups excluding carboxylic acids is 1. The van der Waals surface area contributed by atoms with Gasteiger partial charge in [0, 0.05) is 41.3 Å². The van der Waals surface area contributed by atoms with Gasteiger partial charge in [0.2, 0.25) is 11.4 Å². The molecule has 1 aromatic carbocycles. The van der Waals surface area contributed by atoms with E-state index in [1.165, 1.54) is 12.5 Å². The minimum atomic E-state index is -0.227. The van der Waals surface area contributed by atoms with Crippen LogP contribution in [-0.2, 0) is 6.54 Å². The molecule has 1 amide bonds. The van der Waals surface area contributed by atoms with E-state index in [0.717, 1.165) is 29.3 Å². The van der Waals surface area contributed by atoms with Crippen LogP contribution in [0.25, 0.3) is 10.9 Å². The Kier molecular flexibility index (Phi) is 4.39. The Hall–Kier alpha value is -3.15. The normalized spacial score (nSPS) is 14.0. The number of aromatic nitrogens is 2. The Morgan fingerprint density at radius 1 is 1.23 bits per heavy atom. The lowest BCUT2D eigenvalue weighted by molar-refractivity contribution is 0.0946. The van der Waals surface area contributed by atoms with Crippen LogP contribution in [0.5, 0.6) is 5.88 Å². The molecule has 1 aliphatic rings. The number of pyridine rings is 2. The van der Waals surface area contributed by atoms with Crippen molar-refractivity contribution in [3.05, 3.63) is 70.1 Å². The van der Waals surface area contributed by atoms with Crippen LogP contribution in [0.4, 0.5) is 0 Å². The van der Waals surface area contributed by atoms with Gasteiger partial charge in [0.05, 0.1) is 0 Å². The predicted molar refractivity (Wildman–Crippen MR) is 98.2 cm³/mol. The number of amides is 1. The van der Waals surface area contributed by atoms with Crippen LogP contribution in [0, 0.1) is 0 Å². The van der Waals surface area contributed by atoms with Gasteiger partial charge in [-0.3, -0.25) is 9.59 Å².